The van der Waals surface area contributed by atoms with E-state index in [1.54, 1.807) is 0 Å². The first-order valence-corrected chi connectivity index (χ1v) is 1.19. The average Bonchev–Trinajstić information content (AvgIpc) is 1.38. The highest BCUT2D eigenvalue weighted by molar-refractivity contribution is 5.86. The molecule has 62 valence electrons. The summed E-state index contributed by atoms with van der Waals surface area (Å²) < 4.78 is 0. The second kappa shape index (κ2) is 23.5. The molecule has 0 atom stereocenters. The highest BCUT2D eigenvalue weighted by Crippen LogP contribution is 1.43. The summed E-state index contributed by atoms with van der Waals surface area (Å²) in [5.74, 6) is -0.968. The van der Waals surface area contributed by atoms with Gasteiger partial charge < -0.3 is 10.8 Å². The molecule has 0 aromatic rings. The van der Waals surface area contributed by atoms with Crippen LogP contribution in [0.3, 0.4) is 0 Å². The van der Waals surface area contributed by atoms with E-state index in [0.29, 0.717) is 0 Å². The summed E-state index contributed by atoms with van der Waals surface area (Å²) in [4.78, 5) is 9.24. The van der Waals surface area contributed by atoms with Crippen LogP contribution in [-0.4, -0.2) is 17.6 Å². The predicted octanol–water partition coefficient (Wildman–Crippen LogP) is 0.717. The molecule has 3 N–H and O–H groups in total. The zero-order valence-electron chi connectivity index (χ0n) is 4.27. The fourth-order valence-corrected chi connectivity index (χ4v) is 0. The molecule has 0 heterocycles. The molecule has 0 bridgehead atoms. The Hall–Kier alpha value is 0.590. The van der Waals surface area contributed by atoms with Crippen molar-refractivity contribution in [3.05, 3.63) is 0 Å². The molecule has 0 amide bonds. The standard InChI is InChI=1S/C2H5NO2.4ClH/c3-1-2(4)5;;;;/h1,3H2,(H,4,5);4*1H. The van der Waals surface area contributed by atoms with Gasteiger partial charge in [0.15, 0.2) is 0 Å². The number of carboxylic acids is 1. The van der Waals surface area contributed by atoms with Crippen molar-refractivity contribution in [2.45, 2.75) is 0 Å². The van der Waals surface area contributed by atoms with E-state index in [9.17, 15) is 4.79 Å². The molecule has 0 rings (SSSR count). The van der Waals surface area contributed by atoms with Crippen molar-refractivity contribution in [3.8, 4) is 0 Å². The van der Waals surface area contributed by atoms with Crippen molar-refractivity contribution in [1.29, 1.82) is 0 Å². The molecule has 0 aromatic carbocycles. The molecule has 0 aliphatic rings. The molecule has 0 radical (unpaired) electrons. The molecule has 3 nitrogen and oxygen atoms in total. The van der Waals surface area contributed by atoms with Gasteiger partial charge in [0.25, 0.3) is 0 Å². The van der Waals surface area contributed by atoms with Crippen molar-refractivity contribution in [1.82, 2.24) is 0 Å². The van der Waals surface area contributed by atoms with E-state index < -0.39 is 5.97 Å². The third-order valence-electron chi connectivity index (χ3n) is 0.175. The number of hydrogen-bond acceptors (Lipinski definition) is 2. The zero-order valence-corrected chi connectivity index (χ0v) is 7.54. The summed E-state index contributed by atoms with van der Waals surface area (Å²) in [6.45, 7) is -0.278. The van der Waals surface area contributed by atoms with Crippen LogP contribution in [0.15, 0.2) is 0 Å². The van der Waals surface area contributed by atoms with Gasteiger partial charge in [0.1, 0.15) is 0 Å². The van der Waals surface area contributed by atoms with E-state index in [-0.39, 0.29) is 56.2 Å². The minimum atomic E-state index is -0.968. The summed E-state index contributed by atoms with van der Waals surface area (Å²) in [6.07, 6.45) is 0. The molecule has 0 aromatic heterocycles. The third-order valence-corrected chi connectivity index (χ3v) is 0.175. The molecule has 0 saturated heterocycles. The number of aliphatic carboxylic acids is 1. The van der Waals surface area contributed by atoms with E-state index in [2.05, 4.69) is 5.73 Å². The van der Waals surface area contributed by atoms with Crippen molar-refractivity contribution >= 4 is 55.6 Å². The first kappa shape index (κ1) is 33.6. The fraction of sp³-hybridized carbons (Fsp3) is 0.500. The number of nitrogens with two attached hydrogens (primary N) is 1. The van der Waals surface area contributed by atoms with Crippen molar-refractivity contribution in [3.63, 3.8) is 0 Å². The molecule has 0 fully saturated rings. The van der Waals surface area contributed by atoms with E-state index in [0.717, 1.165) is 0 Å². The largest absolute Gasteiger partial charge is 0.480 e. The van der Waals surface area contributed by atoms with Gasteiger partial charge in [-0.3, -0.25) is 4.79 Å². The van der Waals surface area contributed by atoms with Crippen molar-refractivity contribution in [2.24, 2.45) is 5.73 Å². The van der Waals surface area contributed by atoms with E-state index in [1.165, 1.54) is 0 Å². The lowest BCUT2D eigenvalue weighted by atomic mass is 10.7. The first-order valence-electron chi connectivity index (χ1n) is 1.19. The molecule has 7 heteroatoms. The van der Waals surface area contributed by atoms with Crippen LogP contribution in [0, 0.1) is 0 Å². The minimum absolute atomic E-state index is 0. The average molecular weight is 221 g/mol. The summed E-state index contributed by atoms with van der Waals surface area (Å²) in [7, 11) is 0. The number of rotatable bonds is 1. The van der Waals surface area contributed by atoms with Gasteiger partial charge in [0, 0.05) is 0 Å². The van der Waals surface area contributed by atoms with E-state index >= 15 is 0 Å². The summed E-state index contributed by atoms with van der Waals surface area (Å²) in [6, 6.07) is 0. The molecule has 0 saturated carbocycles. The molecular formula is C2H9Cl4NO2. The molecule has 0 spiro atoms. The Balaban J connectivity index is -0.0000000133. The Morgan fingerprint density at radius 3 is 1.33 bits per heavy atom. The van der Waals surface area contributed by atoms with Crippen LogP contribution >= 0.6 is 49.6 Å². The number of carbonyl (C=O) groups is 1. The number of carboxylic acid groups (broad SMARTS) is 1. The quantitative estimate of drug-likeness (QED) is 0.685. The Bertz CT molecular complexity index is 51.8. The Morgan fingerprint density at radius 1 is 1.22 bits per heavy atom. The zero-order chi connectivity index (χ0) is 4.28. The topological polar surface area (TPSA) is 63.3 Å². The van der Waals surface area contributed by atoms with E-state index in [1.807, 2.05) is 0 Å². The SMILES string of the molecule is Cl.Cl.Cl.Cl.NCC(=O)O. The Labute approximate surface area is 78.0 Å². The van der Waals surface area contributed by atoms with Gasteiger partial charge in [-0.05, 0) is 0 Å². The third kappa shape index (κ3) is 55.6. The van der Waals surface area contributed by atoms with Crippen LogP contribution < -0.4 is 5.73 Å². The van der Waals surface area contributed by atoms with Gasteiger partial charge in [0.05, 0.1) is 6.54 Å². The molecular weight excluding hydrogens is 212 g/mol. The van der Waals surface area contributed by atoms with Crippen LogP contribution in [0.25, 0.3) is 0 Å². The highest BCUT2D eigenvalue weighted by atomic mass is 35.5. The Kier molecular flexibility index (Phi) is 87.7. The fourth-order valence-electron chi connectivity index (χ4n) is 0. The lowest BCUT2D eigenvalue weighted by Gasteiger charge is -1.73. The van der Waals surface area contributed by atoms with Crippen LogP contribution in [0.5, 0.6) is 0 Å². The lowest BCUT2D eigenvalue weighted by Crippen LogP contribution is -2.10. The first-order chi connectivity index (χ1) is 2.27. The van der Waals surface area contributed by atoms with E-state index in [4.69, 9.17) is 5.11 Å². The molecule has 0 aliphatic carbocycles. The monoisotopic (exact) mass is 219 g/mol. The summed E-state index contributed by atoms with van der Waals surface area (Å²) >= 11 is 0. The second-order valence-corrected chi connectivity index (χ2v) is 0.598. The van der Waals surface area contributed by atoms with Crippen LogP contribution in [0.1, 0.15) is 0 Å². The van der Waals surface area contributed by atoms with Crippen LogP contribution in [-0.2, 0) is 4.79 Å². The summed E-state index contributed by atoms with van der Waals surface area (Å²) in [5, 5.41) is 7.60. The normalized spacial score (nSPS) is 4.11. The van der Waals surface area contributed by atoms with Crippen molar-refractivity contribution in [2.75, 3.05) is 6.54 Å². The maximum atomic E-state index is 9.24. The van der Waals surface area contributed by atoms with Crippen LogP contribution in [0.4, 0.5) is 0 Å². The molecule has 0 aliphatic heterocycles. The minimum Gasteiger partial charge on any atom is -0.480 e. The van der Waals surface area contributed by atoms with Gasteiger partial charge in [-0.2, -0.15) is 0 Å². The maximum Gasteiger partial charge on any atom is 0.317 e. The van der Waals surface area contributed by atoms with Gasteiger partial charge >= 0.3 is 5.97 Å². The Morgan fingerprint density at radius 2 is 1.33 bits per heavy atom. The van der Waals surface area contributed by atoms with Gasteiger partial charge in [-0.25, -0.2) is 0 Å². The molecule has 0 unspecified atom stereocenters. The van der Waals surface area contributed by atoms with Gasteiger partial charge in [0.2, 0.25) is 0 Å². The second-order valence-electron chi connectivity index (χ2n) is 0.598. The van der Waals surface area contributed by atoms with Gasteiger partial charge in [-0.1, -0.05) is 0 Å². The van der Waals surface area contributed by atoms with Gasteiger partial charge in [-0.15, -0.1) is 49.6 Å². The van der Waals surface area contributed by atoms with Crippen LogP contribution in [0.2, 0.25) is 0 Å². The maximum absolute atomic E-state index is 9.24. The lowest BCUT2D eigenvalue weighted by molar-refractivity contribution is -0.135. The molecule has 9 heavy (non-hydrogen) atoms. The summed E-state index contributed by atoms with van der Waals surface area (Å²) in [5.41, 5.74) is 4.57. The van der Waals surface area contributed by atoms with Crippen molar-refractivity contribution < 1.29 is 9.90 Å². The number of hydrogen-bond donors (Lipinski definition) is 2. The smallest absolute Gasteiger partial charge is 0.317 e. The predicted molar refractivity (Wildman–Crippen MR) is 45.7 cm³/mol. The highest BCUT2D eigenvalue weighted by Gasteiger charge is 1.81. The number of halogens is 4.